The van der Waals surface area contributed by atoms with Gasteiger partial charge in [-0.25, -0.2) is 0 Å². The minimum absolute atomic E-state index is 0.127. The molecule has 3 aromatic rings. The Kier molecular flexibility index (Phi) is 4.35. The average Bonchev–Trinajstić information content (AvgIpc) is 3.29. The number of nitrogens with one attached hydrogen (secondary N) is 1. The number of carbonyl (C=O) groups is 1. The molecule has 1 aliphatic carbocycles. The van der Waals surface area contributed by atoms with Crippen LogP contribution in [0.4, 0.5) is 0 Å². The summed E-state index contributed by atoms with van der Waals surface area (Å²) in [5, 5.41) is 12.9. The molecule has 1 aromatic heterocycles. The van der Waals surface area contributed by atoms with Crippen LogP contribution in [0.1, 0.15) is 39.7 Å². The first kappa shape index (κ1) is 16.3. The fourth-order valence-corrected chi connectivity index (χ4v) is 3.34. The molecule has 132 valence electrons. The van der Waals surface area contributed by atoms with E-state index in [1.165, 1.54) is 6.26 Å². The lowest BCUT2D eigenvalue weighted by Gasteiger charge is -2.14. The molecule has 4 rings (SSSR count). The summed E-state index contributed by atoms with van der Waals surface area (Å²) < 4.78 is 11.1. The maximum absolute atomic E-state index is 12.7. The van der Waals surface area contributed by atoms with Gasteiger partial charge in [0.25, 0.3) is 5.91 Å². The molecule has 0 saturated carbocycles. The molecule has 0 bridgehead atoms. The Labute approximate surface area is 151 Å². The number of phenolic OH excluding ortho intramolecular Hbond substituents is 1. The van der Waals surface area contributed by atoms with Gasteiger partial charge in [-0.3, -0.25) is 4.79 Å². The van der Waals surface area contributed by atoms with E-state index in [0.717, 1.165) is 29.7 Å². The highest BCUT2D eigenvalue weighted by Gasteiger charge is 2.27. The molecule has 1 heterocycles. The van der Waals surface area contributed by atoms with E-state index in [0.29, 0.717) is 5.56 Å². The zero-order chi connectivity index (χ0) is 17.9. The molecule has 2 N–H and O–H groups in total. The molecule has 5 heteroatoms. The molecule has 0 aliphatic heterocycles. The van der Waals surface area contributed by atoms with Crippen LogP contribution in [0.25, 0.3) is 0 Å². The molecule has 1 atom stereocenters. The summed E-state index contributed by atoms with van der Waals surface area (Å²) in [5.41, 5.74) is 2.57. The molecular weight excluding hydrogens is 330 g/mol. The van der Waals surface area contributed by atoms with E-state index in [-0.39, 0.29) is 30.1 Å². The first-order chi connectivity index (χ1) is 12.7. The van der Waals surface area contributed by atoms with Crippen LogP contribution < -0.4 is 10.1 Å². The third-order valence-electron chi connectivity index (χ3n) is 4.64. The Morgan fingerprint density at radius 1 is 1.15 bits per heavy atom. The fraction of sp³-hybridized carbons (Fsp3) is 0.190. The monoisotopic (exact) mass is 349 g/mol. The second kappa shape index (κ2) is 6.96. The van der Waals surface area contributed by atoms with Gasteiger partial charge in [0.2, 0.25) is 0 Å². The van der Waals surface area contributed by atoms with Crippen LogP contribution in [0.2, 0.25) is 0 Å². The van der Waals surface area contributed by atoms with Gasteiger partial charge in [0.05, 0.1) is 12.3 Å². The zero-order valence-corrected chi connectivity index (χ0v) is 14.1. The molecule has 5 nitrogen and oxygen atoms in total. The molecular formula is C21H19NO4. The summed E-state index contributed by atoms with van der Waals surface area (Å²) in [6.45, 7) is 0.255. The Morgan fingerprint density at radius 3 is 2.85 bits per heavy atom. The molecule has 0 radical (unpaired) electrons. The van der Waals surface area contributed by atoms with E-state index in [2.05, 4.69) is 5.32 Å². The second-order valence-corrected chi connectivity index (χ2v) is 6.29. The number of para-hydroxylation sites is 1. The van der Waals surface area contributed by atoms with Crippen LogP contribution in [0.15, 0.2) is 65.3 Å². The van der Waals surface area contributed by atoms with E-state index in [1.54, 1.807) is 18.2 Å². The van der Waals surface area contributed by atoms with Crippen LogP contribution >= 0.6 is 0 Å². The van der Waals surface area contributed by atoms with Crippen molar-refractivity contribution < 1.29 is 19.1 Å². The average molecular weight is 349 g/mol. The first-order valence-corrected chi connectivity index (χ1v) is 8.58. The van der Waals surface area contributed by atoms with E-state index in [9.17, 15) is 9.90 Å². The lowest BCUT2D eigenvalue weighted by Crippen LogP contribution is -2.27. The van der Waals surface area contributed by atoms with Crippen LogP contribution in [0, 0.1) is 0 Å². The summed E-state index contributed by atoms with van der Waals surface area (Å²) in [4.78, 5) is 12.7. The van der Waals surface area contributed by atoms with Crippen molar-refractivity contribution in [3.63, 3.8) is 0 Å². The number of amides is 1. The topological polar surface area (TPSA) is 71.7 Å². The number of hydrogen-bond acceptors (Lipinski definition) is 4. The van der Waals surface area contributed by atoms with Gasteiger partial charge in [-0.05, 0) is 48.2 Å². The molecule has 0 saturated heterocycles. The fourth-order valence-electron chi connectivity index (χ4n) is 3.34. The summed E-state index contributed by atoms with van der Waals surface area (Å²) in [7, 11) is 0. The van der Waals surface area contributed by atoms with Crippen molar-refractivity contribution in [2.45, 2.75) is 25.5 Å². The van der Waals surface area contributed by atoms with Crippen molar-refractivity contribution in [3.8, 4) is 11.5 Å². The molecule has 0 fully saturated rings. The third-order valence-corrected chi connectivity index (χ3v) is 4.64. The summed E-state index contributed by atoms with van der Waals surface area (Å²) in [6.07, 6.45) is 3.00. The molecule has 26 heavy (non-hydrogen) atoms. The van der Waals surface area contributed by atoms with Crippen LogP contribution in [-0.2, 0) is 13.0 Å². The van der Waals surface area contributed by atoms with E-state index >= 15 is 0 Å². The summed E-state index contributed by atoms with van der Waals surface area (Å²) >= 11 is 0. The Bertz CT molecular complexity index is 917. The third kappa shape index (κ3) is 3.16. The summed E-state index contributed by atoms with van der Waals surface area (Å²) in [5.74, 6) is 1.01. The van der Waals surface area contributed by atoms with E-state index in [4.69, 9.17) is 9.15 Å². The Balaban J connectivity index is 1.45. The van der Waals surface area contributed by atoms with Crippen molar-refractivity contribution in [1.29, 1.82) is 0 Å². The lowest BCUT2D eigenvalue weighted by molar-refractivity contribution is 0.0905. The van der Waals surface area contributed by atoms with Gasteiger partial charge in [0.1, 0.15) is 18.1 Å². The molecule has 1 unspecified atom stereocenters. The molecule has 0 spiro atoms. The van der Waals surface area contributed by atoms with Gasteiger partial charge in [0, 0.05) is 5.56 Å². The van der Waals surface area contributed by atoms with Gasteiger partial charge >= 0.3 is 0 Å². The minimum Gasteiger partial charge on any atom is -0.508 e. The Hall–Kier alpha value is -3.21. The van der Waals surface area contributed by atoms with Crippen LogP contribution in [-0.4, -0.2) is 11.0 Å². The van der Waals surface area contributed by atoms with E-state index < -0.39 is 0 Å². The molecule has 1 amide bonds. The number of ether oxygens (including phenoxy) is 1. The Morgan fingerprint density at radius 2 is 2.00 bits per heavy atom. The van der Waals surface area contributed by atoms with Gasteiger partial charge in [-0.15, -0.1) is 0 Å². The van der Waals surface area contributed by atoms with E-state index in [1.807, 2.05) is 36.4 Å². The number of carbonyl (C=O) groups excluding carboxylic acids is 1. The van der Waals surface area contributed by atoms with Crippen molar-refractivity contribution in [1.82, 2.24) is 5.32 Å². The predicted octanol–water partition coefficient (Wildman–Crippen LogP) is 3.98. The standard InChI is InChI=1S/C21H19NO4/c23-19-8-4-7-16-17(19)9-10-18(16)22-21(24)20-14(11-12-25-20)13-26-15-5-2-1-3-6-15/h1-8,11-12,18,23H,9-10,13H2,(H,22,24). The highest BCUT2D eigenvalue weighted by atomic mass is 16.5. The highest BCUT2D eigenvalue weighted by molar-refractivity contribution is 5.93. The van der Waals surface area contributed by atoms with Gasteiger partial charge in [-0.1, -0.05) is 30.3 Å². The predicted molar refractivity (Wildman–Crippen MR) is 96.1 cm³/mol. The lowest BCUT2D eigenvalue weighted by atomic mass is 10.1. The highest BCUT2D eigenvalue weighted by Crippen LogP contribution is 2.36. The largest absolute Gasteiger partial charge is 0.508 e. The van der Waals surface area contributed by atoms with Crippen molar-refractivity contribution in [3.05, 3.63) is 83.3 Å². The minimum atomic E-state index is -0.275. The number of benzene rings is 2. The maximum atomic E-state index is 12.7. The first-order valence-electron chi connectivity index (χ1n) is 8.58. The number of furan rings is 1. The van der Waals surface area contributed by atoms with Crippen molar-refractivity contribution in [2.75, 3.05) is 0 Å². The number of phenols is 1. The number of aromatic hydroxyl groups is 1. The van der Waals surface area contributed by atoms with Gasteiger partial charge in [-0.2, -0.15) is 0 Å². The normalized spacial score (nSPS) is 15.5. The van der Waals surface area contributed by atoms with Crippen molar-refractivity contribution >= 4 is 5.91 Å². The second-order valence-electron chi connectivity index (χ2n) is 6.29. The molecule has 2 aromatic carbocycles. The summed E-state index contributed by atoms with van der Waals surface area (Å²) in [6, 6.07) is 16.5. The zero-order valence-electron chi connectivity index (χ0n) is 14.1. The van der Waals surface area contributed by atoms with Gasteiger partial charge in [0.15, 0.2) is 5.76 Å². The number of hydrogen-bond donors (Lipinski definition) is 2. The van der Waals surface area contributed by atoms with Crippen LogP contribution in [0.5, 0.6) is 11.5 Å². The number of rotatable bonds is 5. The maximum Gasteiger partial charge on any atom is 0.287 e. The van der Waals surface area contributed by atoms with Crippen LogP contribution in [0.3, 0.4) is 0 Å². The van der Waals surface area contributed by atoms with Gasteiger partial charge < -0.3 is 19.6 Å². The molecule has 1 aliphatic rings. The number of fused-ring (bicyclic) bond motifs is 1. The SMILES string of the molecule is O=C(NC1CCc2c(O)cccc21)c1occc1COc1ccccc1. The smallest absolute Gasteiger partial charge is 0.287 e. The quantitative estimate of drug-likeness (QED) is 0.731. The van der Waals surface area contributed by atoms with Crippen molar-refractivity contribution in [2.24, 2.45) is 0 Å².